The van der Waals surface area contributed by atoms with Gasteiger partial charge in [-0.25, -0.2) is 0 Å². The number of carbonyl (C=O) groups excluding carboxylic acids is 1. The minimum Gasteiger partial charge on any atom is -0.504 e. The van der Waals surface area contributed by atoms with Gasteiger partial charge in [0.2, 0.25) is 5.78 Å². The summed E-state index contributed by atoms with van der Waals surface area (Å²) < 4.78 is 0. The van der Waals surface area contributed by atoms with Gasteiger partial charge < -0.3 is 10.8 Å². The zero-order valence-electron chi connectivity index (χ0n) is 19.3. The molecular formula is C27H37NO2. The van der Waals surface area contributed by atoms with Crippen LogP contribution in [-0.2, 0) is 4.79 Å². The molecule has 0 saturated heterocycles. The molecule has 0 heterocycles. The van der Waals surface area contributed by atoms with E-state index in [2.05, 4.69) is 39.8 Å². The minimum atomic E-state index is -0.248. The summed E-state index contributed by atoms with van der Waals surface area (Å²) in [6.07, 6.45) is 14.3. The highest BCUT2D eigenvalue weighted by Gasteiger charge is 2.65. The van der Waals surface area contributed by atoms with E-state index in [0.717, 1.165) is 30.4 Å². The van der Waals surface area contributed by atoms with Crippen molar-refractivity contribution in [3.63, 3.8) is 0 Å². The molecule has 0 aromatic rings. The highest BCUT2D eigenvalue weighted by molar-refractivity contribution is 6.06. The summed E-state index contributed by atoms with van der Waals surface area (Å²) in [5, 5.41) is 10.2. The summed E-state index contributed by atoms with van der Waals surface area (Å²) in [5.74, 6) is 0.823. The molecule has 3 heteroatoms. The molecule has 3 fully saturated rings. The van der Waals surface area contributed by atoms with Crippen LogP contribution in [0.4, 0.5) is 0 Å². The van der Waals surface area contributed by atoms with Gasteiger partial charge in [-0.2, -0.15) is 0 Å². The molecule has 5 aliphatic rings. The van der Waals surface area contributed by atoms with Gasteiger partial charge in [0, 0.05) is 16.5 Å². The first kappa shape index (κ1) is 20.3. The van der Waals surface area contributed by atoms with E-state index in [1.165, 1.54) is 31.3 Å². The van der Waals surface area contributed by atoms with Crippen molar-refractivity contribution in [3.05, 3.63) is 46.3 Å². The van der Waals surface area contributed by atoms with E-state index in [1.54, 1.807) is 6.08 Å². The van der Waals surface area contributed by atoms with Gasteiger partial charge in [-0.05, 0) is 85.3 Å². The second kappa shape index (κ2) is 6.00. The maximum absolute atomic E-state index is 12.5. The Balaban J connectivity index is 1.64. The summed E-state index contributed by atoms with van der Waals surface area (Å²) >= 11 is 0. The number of allylic oxidation sites excluding steroid dienone is 7. The number of carbonyl (C=O) groups is 1. The summed E-state index contributed by atoms with van der Waals surface area (Å²) in [4.78, 5) is 12.5. The molecule has 1 unspecified atom stereocenters. The fourth-order valence-electron chi connectivity index (χ4n) is 8.30. The number of aliphatic hydroxyl groups excluding tert-OH is 1. The van der Waals surface area contributed by atoms with Crippen LogP contribution in [0.2, 0.25) is 0 Å². The molecule has 5 rings (SSSR count). The first-order chi connectivity index (χ1) is 14.0. The van der Waals surface area contributed by atoms with E-state index < -0.39 is 0 Å². The summed E-state index contributed by atoms with van der Waals surface area (Å²) in [6, 6.07) is 0. The van der Waals surface area contributed by atoms with Crippen LogP contribution >= 0.6 is 0 Å². The number of rotatable bonds is 0. The number of aliphatic hydroxyl groups is 1. The number of fused-ring (bicyclic) bond motifs is 7. The smallest absolute Gasteiger partial charge is 0.220 e. The third-order valence-electron chi connectivity index (χ3n) is 10.3. The lowest BCUT2D eigenvalue weighted by Gasteiger charge is -2.68. The molecule has 0 aromatic heterocycles. The zero-order valence-corrected chi connectivity index (χ0v) is 19.3. The first-order valence-corrected chi connectivity index (χ1v) is 11.9. The summed E-state index contributed by atoms with van der Waals surface area (Å²) in [5.41, 5.74) is 11.8. The van der Waals surface area contributed by atoms with Gasteiger partial charge in [0.25, 0.3) is 0 Å². The van der Waals surface area contributed by atoms with Crippen LogP contribution in [0.15, 0.2) is 46.3 Å². The predicted octanol–water partition coefficient (Wildman–Crippen LogP) is 5.93. The van der Waals surface area contributed by atoms with Crippen molar-refractivity contribution < 1.29 is 9.90 Å². The molecule has 0 radical (unpaired) electrons. The van der Waals surface area contributed by atoms with Crippen LogP contribution in [0.5, 0.6) is 0 Å². The van der Waals surface area contributed by atoms with Gasteiger partial charge in [0.15, 0.2) is 5.76 Å². The molecule has 0 amide bonds. The van der Waals surface area contributed by atoms with Crippen molar-refractivity contribution in [2.75, 3.05) is 0 Å². The van der Waals surface area contributed by atoms with Gasteiger partial charge >= 0.3 is 0 Å². The molecule has 3 saturated carbocycles. The molecule has 3 N–H and O–H groups in total. The Morgan fingerprint density at radius 3 is 2.53 bits per heavy atom. The SMILES string of the molecule is CC1=C(O)C(=O)C=C2C1=CC=C1[C@@]2(C)CCC2[C@]3(N)C[C@@H](C)CC[C@]3(C)CC[C@]12C. The maximum atomic E-state index is 12.5. The third kappa shape index (κ3) is 2.28. The molecule has 0 aromatic carbocycles. The van der Waals surface area contributed by atoms with Crippen molar-refractivity contribution >= 4 is 5.78 Å². The second-order valence-electron chi connectivity index (χ2n) is 11.8. The number of ketones is 1. The average Bonchev–Trinajstić information content (AvgIpc) is 2.68. The van der Waals surface area contributed by atoms with E-state index in [4.69, 9.17) is 5.73 Å². The lowest BCUT2D eigenvalue weighted by molar-refractivity contribution is -0.114. The molecule has 30 heavy (non-hydrogen) atoms. The molecule has 0 bridgehead atoms. The van der Waals surface area contributed by atoms with E-state index >= 15 is 0 Å². The van der Waals surface area contributed by atoms with Gasteiger partial charge in [-0.15, -0.1) is 0 Å². The van der Waals surface area contributed by atoms with Crippen molar-refractivity contribution in [1.29, 1.82) is 0 Å². The zero-order chi connectivity index (χ0) is 21.7. The molecule has 162 valence electrons. The van der Waals surface area contributed by atoms with Crippen LogP contribution in [0, 0.1) is 28.1 Å². The normalized spacial score (nSPS) is 47.9. The molecular weight excluding hydrogens is 370 g/mol. The summed E-state index contributed by atoms with van der Waals surface area (Å²) in [7, 11) is 0. The molecule has 5 aliphatic carbocycles. The van der Waals surface area contributed by atoms with E-state index in [-0.39, 0.29) is 33.3 Å². The Bertz CT molecular complexity index is 967. The second-order valence-corrected chi connectivity index (χ2v) is 11.8. The quantitative estimate of drug-likeness (QED) is 0.523. The van der Waals surface area contributed by atoms with E-state index in [0.29, 0.717) is 17.4 Å². The largest absolute Gasteiger partial charge is 0.504 e. The standard InChI is InChI=1S/C27H37NO2/c1-16-8-10-24(3)12-13-26(5)21-7-6-18-17(2)23(30)20(29)14-19(18)25(21,4)11-9-22(26)27(24,28)15-16/h6-7,14,16,22,30H,8-13,15,28H2,1-5H3/t16-,22?,24+,25-,26+,27+/m0/s1. The Kier molecular flexibility index (Phi) is 4.06. The third-order valence-corrected chi connectivity index (χ3v) is 10.3. The van der Waals surface area contributed by atoms with Crippen molar-refractivity contribution in [1.82, 2.24) is 0 Å². The first-order valence-electron chi connectivity index (χ1n) is 11.9. The Labute approximate surface area is 181 Å². The van der Waals surface area contributed by atoms with Gasteiger partial charge in [-0.3, -0.25) is 4.79 Å². The van der Waals surface area contributed by atoms with Crippen LogP contribution in [0.3, 0.4) is 0 Å². The fourth-order valence-corrected chi connectivity index (χ4v) is 8.30. The van der Waals surface area contributed by atoms with Crippen molar-refractivity contribution in [2.45, 2.75) is 85.1 Å². The summed E-state index contributed by atoms with van der Waals surface area (Å²) in [6.45, 7) is 11.5. The Hall–Kier alpha value is -1.61. The minimum absolute atomic E-state index is 0.0569. The lowest BCUT2D eigenvalue weighted by atomic mass is 9.38. The molecule has 0 aliphatic heterocycles. The van der Waals surface area contributed by atoms with Crippen molar-refractivity contribution in [3.8, 4) is 0 Å². The number of hydrogen-bond acceptors (Lipinski definition) is 3. The number of hydrogen-bond donors (Lipinski definition) is 2. The molecule has 0 spiro atoms. The van der Waals surface area contributed by atoms with Crippen LogP contribution < -0.4 is 5.73 Å². The Morgan fingerprint density at radius 1 is 1.07 bits per heavy atom. The van der Waals surface area contributed by atoms with Crippen LogP contribution in [0.25, 0.3) is 0 Å². The molecule has 3 nitrogen and oxygen atoms in total. The maximum Gasteiger partial charge on any atom is 0.220 e. The van der Waals surface area contributed by atoms with Gasteiger partial charge in [0.05, 0.1) is 0 Å². The van der Waals surface area contributed by atoms with Crippen LogP contribution in [-0.4, -0.2) is 16.4 Å². The van der Waals surface area contributed by atoms with E-state index in [1.807, 2.05) is 6.92 Å². The van der Waals surface area contributed by atoms with Gasteiger partial charge in [0.1, 0.15) is 0 Å². The fraction of sp³-hybridized carbons (Fsp3) is 0.667. The number of nitrogens with two attached hydrogens (primary N) is 1. The van der Waals surface area contributed by atoms with Crippen molar-refractivity contribution in [2.24, 2.45) is 33.8 Å². The Morgan fingerprint density at radius 2 is 1.80 bits per heavy atom. The average molecular weight is 408 g/mol. The topological polar surface area (TPSA) is 63.3 Å². The van der Waals surface area contributed by atoms with Crippen LogP contribution in [0.1, 0.15) is 79.6 Å². The lowest BCUT2D eigenvalue weighted by Crippen LogP contribution is -2.70. The highest BCUT2D eigenvalue weighted by atomic mass is 16.3. The highest BCUT2D eigenvalue weighted by Crippen LogP contribution is 2.70. The molecule has 6 atom stereocenters. The van der Waals surface area contributed by atoms with Gasteiger partial charge in [-0.1, -0.05) is 51.8 Å². The van der Waals surface area contributed by atoms with E-state index in [9.17, 15) is 9.90 Å². The monoisotopic (exact) mass is 407 g/mol. The predicted molar refractivity (Wildman–Crippen MR) is 121 cm³/mol.